The molecule has 0 spiro atoms. The molecule has 25 heavy (non-hydrogen) atoms. The van der Waals surface area contributed by atoms with Gasteiger partial charge < -0.3 is 15.6 Å². The minimum absolute atomic E-state index is 0. The van der Waals surface area contributed by atoms with E-state index in [4.69, 9.17) is 0 Å². The number of guanidine groups is 1. The zero-order valence-corrected chi connectivity index (χ0v) is 17.0. The van der Waals surface area contributed by atoms with Gasteiger partial charge >= 0.3 is 0 Å². The number of halogens is 1. The number of aromatic nitrogens is 3. The van der Waals surface area contributed by atoms with Gasteiger partial charge in [0, 0.05) is 43.4 Å². The van der Waals surface area contributed by atoms with Crippen LogP contribution in [0.2, 0.25) is 0 Å². The number of fused-ring (bicyclic) bond motifs is 1. The Balaban J connectivity index is 0.00000225. The van der Waals surface area contributed by atoms with Gasteiger partial charge in [0.1, 0.15) is 0 Å². The standard InChI is InChI=1S/C18H24N6.HI/c1-14-11-23-24(13-14)10-9-21-18(19-2)20-8-7-15-12-22-17-6-4-3-5-16(15)17;/h3-6,11-13,22H,7-10H2,1-2H3,(H2,19,20,21);1H. The lowest BCUT2D eigenvalue weighted by Gasteiger charge is -2.11. The summed E-state index contributed by atoms with van der Waals surface area (Å²) in [5.41, 5.74) is 3.68. The number of benzene rings is 1. The van der Waals surface area contributed by atoms with Crippen molar-refractivity contribution in [1.82, 2.24) is 25.4 Å². The minimum atomic E-state index is 0. The summed E-state index contributed by atoms with van der Waals surface area (Å²) >= 11 is 0. The van der Waals surface area contributed by atoms with E-state index < -0.39 is 0 Å². The van der Waals surface area contributed by atoms with E-state index in [0.29, 0.717) is 0 Å². The Morgan fingerprint density at radius 2 is 2.04 bits per heavy atom. The van der Waals surface area contributed by atoms with Crippen LogP contribution in [0, 0.1) is 6.92 Å². The first-order valence-electron chi connectivity index (χ1n) is 8.25. The highest BCUT2D eigenvalue weighted by Crippen LogP contribution is 2.17. The average molecular weight is 452 g/mol. The van der Waals surface area contributed by atoms with Gasteiger partial charge in [0.25, 0.3) is 0 Å². The summed E-state index contributed by atoms with van der Waals surface area (Å²) in [5, 5.41) is 12.2. The van der Waals surface area contributed by atoms with Crippen molar-refractivity contribution < 1.29 is 0 Å². The van der Waals surface area contributed by atoms with E-state index in [0.717, 1.165) is 32.0 Å². The third-order valence-electron chi connectivity index (χ3n) is 3.98. The molecule has 0 fully saturated rings. The van der Waals surface area contributed by atoms with E-state index >= 15 is 0 Å². The molecular weight excluding hydrogens is 427 g/mol. The van der Waals surface area contributed by atoms with E-state index in [1.54, 1.807) is 7.05 Å². The third kappa shape index (κ3) is 5.22. The Kier molecular flexibility index (Phi) is 7.30. The first kappa shape index (κ1) is 19.3. The maximum atomic E-state index is 4.28. The zero-order chi connectivity index (χ0) is 16.8. The van der Waals surface area contributed by atoms with Gasteiger partial charge in [-0.25, -0.2) is 0 Å². The molecule has 0 saturated carbocycles. The molecule has 0 saturated heterocycles. The molecule has 134 valence electrons. The van der Waals surface area contributed by atoms with E-state index in [2.05, 4.69) is 50.1 Å². The molecular formula is C18H25IN6. The molecule has 0 bridgehead atoms. The lowest BCUT2D eigenvalue weighted by molar-refractivity contribution is 0.597. The molecule has 0 atom stereocenters. The highest BCUT2D eigenvalue weighted by Gasteiger charge is 2.03. The van der Waals surface area contributed by atoms with Crippen LogP contribution in [0.1, 0.15) is 11.1 Å². The fourth-order valence-corrected chi connectivity index (χ4v) is 2.75. The van der Waals surface area contributed by atoms with Crippen LogP contribution in [-0.4, -0.2) is 40.9 Å². The number of hydrogen-bond donors (Lipinski definition) is 3. The van der Waals surface area contributed by atoms with Crippen LogP contribution in [0.25, 0.3) is 10.9 Å². The Hall–Kier alpha value is -2.03. The van der Waals surface area contributed by atoms with Crippen molar-refractivity contribution >= 4 is 40.8 Å². The second-order valence-corrected chi connectivity index (χ2v) is 5.82. The van der Waals surface area contributed by atoms with Crippen LogP contribution in [0.4, 0.5) is 0 Å². The summed E-state index contributed by atoms with van der Waals surface area (Å²) in [4.78, 5) is 7.57. The van der Waals surface area contributed by atoms with Crippen LogP contribution in [0.3, 0.4) is 0 Å². The highest BCUT2D eigenvalue weighted by atomic mass is 127. The first-order valence-corrected chi connectivity index (χ1v) is 8.25. The minimum Gasteiger partial charge on any atom is -0.361 e. The molecule has 2 heterocycles. The molecule has 1 aromatic carbocycles. The number of nitrogens with zero attached hydrogens (tertiary/aromatic N) is 3. The summed E-state index contributed by atoms with van der Waals surface area (Å²) in [5.74, 6) is 0.818. The molecule has 0 aliphatic carbocycles. The van der Waals surface area contributed by atoms with Crippen molar-refractivity contribution in [2.24, 2.45) is 4.99 Å². The fourth-order valence-electron chi connectivity index (χ4n) is 2.75. The second kappa shape index (κ2) is 9.45. The van der Waals surface area contributed by atoms with Gasteiger partial charge in [0.15, 0.2) is 5.96 Å². The van der Waals surface area contributed by atoms with Crippen molar-refractivity contribution in [3.05, 3.63) is 54.0 Å². The Morgan fingerprint density at radius 3 is 2.80 bits per heavy atom. The van der Waals surface area contributed by atoms with Crippen LogP contribution in [-0.2, 0) is 13.0 Å². The van der Waals surface area contributed by atoms with Crippen LogP contribution < -0.4 is 10.6 Å². The van der Waals surface area contributed by atoms with Gasteiger partial charge in [-0.3, -0.25) is 9.67 Å². The number of H-pyrrole nitrogens is 1. The molecule has 0 radical (unpaired) electrons. The molecule has 0 amide bonds. The van der Waals surface area contributed by atoms with Crippen LogP contribution in [0.5, 0.6) is 0 Å². The number of para-hydroxylation sites is 1. The summed E-state index contributed by atoms with van der Waals surface area (Å²) in [6, 6.07) is 8.38. The van der Waals surface area contributed by atoms with Gasteiger partial charge in [-0.15, -0.1) is 24.0 Å². The summed E-state index contributed by atoms with van der Waals surface area (Å²) in [6.45, 7) is 4.48. The number of aryl methyl sites for hydroxylation is 1. The summed E-state index contributed by atoms with van der Waals surface area (Å²) < 4.78 is 1.93. The number of rotatable bonds is 6. The largest absolute Gasteiger partial charge is 0.361 e. The van der Waals surface area contributed by atoms with Gasteiger partial charge in [0.05, 0.1) is 12.7 Å². The predicted molar refractivity (Wildman–Crippen MR) is 114 cm³/mol. The lowest BCUT2D eigenvalue weighted by atomic mass is 10.1. The van der Waals surface area contributed by atoms with E-state index in [-0.39, 0.29) is 24.0 Å². The van der Waals surface area contributed by atoms with Crippen molar-refractivity contribution in [1.29, 1.82) is 0 Å². The molecule has 2 aromatic heterocycles. The van der Waals surface area contributed by atoms with Crippen LogP contribution >= 0.6 is 24.0 Å². The van der Waals surface area contributed by atoms with Crippen molar-refractivity contribution in [3.8, 4) is 0 Å². The maximum Gasteiger partial charge on any atom is 0.191 e. The molecule has 3 rings (SSSR count). The van der Waals surface area contributed by atoms with E-state index in [1.165, 1.54) is 22.0 Å². The van der Waals surface area contributed by atoms with Gasteiger partial charge in [0.2, 0.25) is 0 Å². The fraction of sp³-hybridized carbons (Fsp3) is 0.333. The Bertz CT molecular complexity index is 820. The maximum absolute atomic E-state index is 4.28. The van der Waals surface area contributed by atoms with Crippen molar-refractivity contribution in [2.45, 2.75) is 19.9 Å². The third-order valence-corrected chi connectivity index (χ3v) is 3.98. The molecule has 0 aliphatic heterocycles. The quantitative estimate of drug-likeness (QED) is 0.306. The zero-order valence-electron chi connectivity index (χ0n) is 14.6. The van der Waals surface area contributed by atoms with E-state index in [9.17, 15) is 0 Å². The molecule has 7 heteroatoms. The average Bonchev–Trinajstić information content (AvgIpc) is 3.20. The monoisotopic (exact) mass is 452 g/mol. The van der Waals surface area contributed by atoms with Crippen LogP contribution in [0.15, 0.2) is 47.8 Å². The topological polar surface area (TPSA) is 70.0 Å². The van der Waals surface area contributed by atoms with Gasteiger partial charge in [-0.2, -0.15) is 5.10 Å². The van der Waals surface area contributed by atoms with Crippen molar-refractivity contribution in [3.63, 3.8) is 0 Å². The normalized spacial score (nSPS) is 11.4. The first-order chi connectivity index (χ1) is 11.8. The molecule has 0 unspecified atom stereocenters. The van der Waals surface area contributed by atoms with Gasteiger partial charge in [-0.05, 0) is 30.5 Å². The summed E-state index contributed by atoms with van der Waals surface area (Å²) in [7, 11) is 1.79. The van der Waals surface area contributed by atoms with E-state index in [1.807, 2.05) is 30.1 Å². The molecule has 3 aromatic rings. The molecule has 6 nitrogen and oxygen atoms in total. The predicted octanol–water partition coefficient (Wildman–Crippen LogP) is 2.70. The highest BCUT2D eigenvalue weighted by molar-refractivity contribution is 14.0. The van der Waals surface area contributed by atoms with Gasteiger partial charge in [-0.1, -0.05) is 18.2 Å². The number of aromatic amines is 1. The number of aliphatic imine (C=N–C) groups is 1. The molecule has 3 N–H and O–H groups in total. The Morgan fingerprint density at radius 1 is 1.24 bits per heavy atom. The van der Waals surface area contributed by atoms with Crippen molar-refractivity contribution in [2.75, 3.05) is 20.1 Å². The summed E-state index contributed by atoms with van der Waals surface area (Å²) in [6.07, 6.45) is 6.94. The molecule has 0 aliphatic rings. The second-order valence-electron chi connectivity index (χ2n) is 5.82. The Labute approximate surface area is 165 Å². The lowest BCUT2D eigenvalue weighted by Crippen LogP contribution is -2.39. The SMILES string of the molecule is CN=C(NCCc1c[nH]c2ccccc12)NCCn1cc(C)cn1.I. The number of nitrogens with one attached hydrogen (secondary N) is 3. The number of hydrogen-bond acceptors (Lipinski definition) is 2. The smallest absolute Gasteiger partial charge is 0.191 e.